The lowest BCUT2D eigenvalue weighted by atomic mass is 9.90. The number of hydrogen-bond donors (Lipinski definition) is 1. The third-order valence-electron chi connectivity index (χ3n) is 5.12. The Morgan fingerprint density at radius 2 is 1.71 bits per heavy atom. The molecule has 2 aromatic carbocycles. The van der Waals surface area contributed by atoms with Gasteiger partial charge in [-0.2, -0.15) is 0 Å². The van der Waals surface area contributed by atoms with E-state index < -0.39 is 0 Å². The fourth-order valence-electron chi connectivity index (χ4n) is 3.60. The molecule has 1 heterocycles. The fraction of sp³-hybridized carbons (Fsp3) is 0.391. The molecule has 1 saturated heterocycles. The number of piperidine rings is 1. The second-order valence-corrected chi connectivity index (χ2v) is 7.26. The summed E-state index contributed by atoms with van der Waals surface area (Å²) in [6.45, 7) is 4.42. The summed E-state index contributed by atoms with van der Waals surface area (Å²) in [5.41, 5.74) is 2.57. The number of benzene rings is 2. The van der Waals surface area contributed by atoms with E-state index in [0.717, 1.165) is 32.4 Å². The van der Waals surface area contributed by atoms with Crippen molar-refractivity contribution in [1.82, 2.24) is 4.90 Å². The summed E-state index contributed by atoms with van der Waals surface area (Å²) in [5.74, 6) is 0.321. The van der Waals surface area contributed by atoms with Crippen LogP contribution in [0.2, 0.25) is 0 Å². The molecule has 0 spiro atoms. The van der Waals surface area contributed by atoms with Crippen LogP contribution in [-0.4, -0.2) is 43.0 Å². The van der Waals surface area contributed by atoms with Gasteiger partial charge in [-0.15, -0.1) is 0 Å². The Kier molecular flexibility index (Phi) is 7.20. The van der Waals surface area contributed by atoms with E-state index in [2.05, 4.69) is 40.5 Å². The van der Waals surface area contributed by atoms with Gasteiger partial charge in [0.05, 0.1) is 18.7 Å². The van der Waals surface area contributed by atoms with Crippen LogP contribution in [0.5, 0.6) is 0 Å². The molecule has 1 aliphatic rings. The lowest BCUT2D eigenvalue weighted by Gasteiger charge is -2.31. The summed E-state index contributed by atoms with van der Waals surface area (Å²) >= 11 is 0. The molecule has 0 radical (unpaired) electrons. The monoisotopic (exact) mass is 380 g/mol. The van der Waals surface area contributed by atoms with E-state index in [9.17, 15) is 9.59 Å². The molecule has 0 bridgehead atoms. The van der Waals surface area contributed by atoms with Crippen molar-refractivity contribution in [1.29, 1.82) is 0 Å². The Bertz CT molecular complexity index is 766. The summed E-state index contributed by atoms with van der Waals surface area (Å²) in [7, 11) is 0. The van der Waals surface area contributed by atoms with Crippen molar-refractivity contribution in [3.63, 3.8) is 0 Å². The topological polar surface area (TPSA) is 58.6 Å². The van der Waals surface area contributed by atoms with Crippen LogP contribution in [0.4, 0.5) is 5.69 Å². The van der Waals surface area contributed by atoms with Crippen LogP contribution in [0.25, 0.3) is 0 Å². The van der Waals surface area contributed by atoms with Gasteiger partial charge in [0.2, 0.25) is 5.91 Å². The van der Waals surface area contributed by atoms with Crippen molar-refractivity contribution in [2.45, 2.75) is 26.2 Å². The van der Waals surface area contributed by atoms with Gasteiger partial charge < -0.3 is 10.1 Å². The minimum absolute atomic E-state index is 0.0228. The van der Waals surface area contributed by atoms with Gasteiger partial charge in [0.1, 0.15) is 0 Å². The van der Waals surface area contributed by atoms with E-state index in [1.165, 1.54) is 5.56 Å². The van der Waals surface area contributed by atoms with E-state index in [-0.39, 0.29) is 11.9 Å². The number of hydrogen-bond acceptors (Lipinski definition) is 4. The van der Waals surface area contributed by atoms with Crippen molar-refractivity contribution in [2.75, 3.05) is 31.6 Å². The van der Waals surface area contributed by atoms with Crippen molar-refractivity contribution >= 4 is 17.6 Å². The van der Waals surface area contributed by atoms with Crippen molar-refractivity contribution in [3.05, 3.63) is 65.7 Å². The van der Waals surface area contributed by atoms with Crippen LogP contribution in [0, 0.1) is 5.92 Å². The Morgan fingerprint density at radius 1 is 1.04 bits per heavy atom. The number of ether oxygens (including phenoxy) is 1. The highest BCUT2D eigenvalue weighted by molar-refractivity contribution is 5.94. The van der Waals surface area contributed by atoms with E-state index >= 15 is 0 Å². The number of likely N-dealkylation sites (tertiary alicyclic amines) is 1. The average Bonchev–Trinajstić information content (AvgIpc) is 2.71. The van der Waals surface area contributed by atoms with Gasteiger partial charge in [0.25, 0.3) is 0 Å². The first-order chi connectivity index (χ1) is 13.6. The lowest BCUT2D eigenvalue weighted by Crippen LogP contribution is -2.39. The number of nitrogens with zero attached hydrogens (tertiary/aromatic N) is 1. The van der Waals surface area contributed by atoms with Crippen LogP contribution in [0.15, 0.2) is 54.6 Å². The highest BCUT2D eigenvalue weighted by Gasteiger charge is 2.21. The highest BCUT2D eigenvalue weighted by atomic mass is 16.5. The van der Waals surface area contributed by atoms with Gasteiger partial charge in [-0.05, 0) is 75.0 Å². The smallest absolute Gasteiger partial charge is 0.338 e. The number of nitrogens with one attached hydrogen (secondary N) is 1. The third kappa shape index (κ3) is 5.92. The van der Waals surface area contributed by atoms with E-state index in [4.69, 9.17) is 4.74 Å². The van der Waals surface area contributed by atoms with Gasteiger partial charge in [0.15, 0.2) is 0 Å². The molecule has 0 aromatic heterocycles. The van der Waals surface area contributed by atoms with Crippen LogP contribution >= 0.6 is 0 Å². The average molecular weight is 380 g/mol. The zero-order valence-electron chi connectivity index (χ0n) is 16.4. The molecule has 0 saturated carbocycles. The van der Waals surface area contributed by atoms with Gasteiger partial charge in [-0.1, -0.05) is 30.3 Å². The fourth-order valence-corrected chi connectivity index (χ4v) is 3.60. The molecule has 1 aliphatic heterocycles. The number of carbonyl (C=O) groups excluding carboxylic acids is 2. The second-order valence-electron chi connectivity index (χ2n) is 7.26. The Balaban J connectivity index is 1.41. The number of rotatable bonds is 7. The Morgan fingerprint density at radius 3 is 2.36 bits per heavy atom. The standard InChI is InChI=1S/C23H28N2O3/c1-2-28-23(27)20-8-10-21(11-9-20)24-22(26)17-25-14-12-19(13-15-25)16-18-6-4-3-5-7-18/h3-11,19H,2,12-17H2,1H3,(H,24,26). The van der Waals surface area contributed by atoms with Crippen LogP contribution in [0.1, 0.15) is 35.7 Å². The first kappa shape index (κ1) is 20.1. The predicted molar refractivity (Wildman–Crippen MR) is 110 cm³/mol. The molecule has 5 heteroatoms. The zero-order chi connectivity index (χ0) is 19.8. The third-order valence-corrected chi connectivity index (χ3v) is 5.12. The number of esters is 1. The molecule has 0 aliphatic carbocycles. The molecule has 1 amide bonds. The van der Waals surface area contributed by atoms with Crippen molar-refractivity contribution < 1.29 is 14.3 Å². The normalized spacial score (nSPS) is 15.2. The molecular formula is C23H28N2O3. The Hall–Kier alpha value is -2.66. The SMILES string of the molecule is CCOC(=O)c1ccc(NC(=O)CN2CCC(Cc3ccccc3)CC2)cc1. The predicted octanol–water partition coefficient (Wildman–Crippen LogP) is 3.76. The van der Waals surface area contributed by atoms with E-state index in [1.807, 2.05) is 0 Å². The first-order valence-electron chi connectivity index (χ1n) is 9.97. The molecule has 2 aromatic rings. The molecule has 28 heavy (non-hydrogen) atoms. The molecular weight excluding hydrogens is 352 g/mol. The van der Waals surface area contributed by atoms with E-state index in [0.29, 0.717) is 30.3 Å². The van der Waals surface area contributed by atoms with E-state index in [1.54, 1.807) is 31.2 Å². The maximum absolute atomic E-state index is 12.3. The molecule has 148 valence electrons. The van der Waals surface area contributed by atoms with Crippen molar-refractivity contribution in [2.24, 2.45) is 5.92 Å². The highest BCUT2D eigenvalue weighted by Crippen LogP contribution is 2.21. The maximum Gasteiger partial charge on any atom is 0.338 e. The van der Waals surface area contributed by atoms with Crippen LogP contribution in [-0.2, 0) is 16.0 Å². The van der Waals surface area contributed by atoms with Crippen molar-refractivity contribution in [3.8, 4) is 0 Å². The van der Waals surface area contributed by atoms with Gasteiger partial charge in [0, 0.05) is 5.69 Å². The zero-order valence-corrected chi connectivity index (χ0v) is 16.4. The van der Waals surface area contributed by atoms with Gasteiger partial charge in [-0.25, -0.2) is 4.79 Å². The number of anilines is 1. The maximum atomic E-state index is 12.3. The molecule has 0 atom stereocenters. The summed E-state index contributed by atoms with van der Waals surface area (Å²) in [5, 5.41) is 2.91. The number of carbonyl (C=O) groups is 2. The summed E-state index contributed by atoms with van der Waals surface area (Å²) < 4.78 is 4.96. The molecule has 1 fully saturated rings. The summed E-state index contributed by atoms with van der Waals surface area (Å²) in [6, 6.07) is 17.4. The quantitative estimate of drug-likeness (QED) is 0.743. The molecule has 3 rings (SSSR count). The first-order valence-corrected chi connectivity index (χ1v) is 9.97. The lowest BCUT2D eigenvalue weighted by molar-refractivity contribution is -0.117. The molecule has 0 unspecified atom stereocenters. The van der Waals surface area contributed by atoms with Gasteiger partial charge >= 0.3 is 5.97 Å². The molecule has 1 N–H and O–H groups in total. The van der Waals surface area contributed by atoms with Crippen LogP contribution < -0.4 is 5.32 Å². The summed E-state index contributed by atoms with van der Waals surface area (Å²) in [6.07, 6.45) is 3.36. The van der Waals surface area contributed by atoms with Crippen LogP contribution in [0.3, 0.4) is 0 Å². The van der Waals surface area contributed by atoms with Gasteiger partial charge in [-0.3, -0.25) is 9.69 Å². The number of amides is 1. The molecule has 5 nitrogen and oxygen atoms in total. The largest absolute Gasteiger partial charge is 0.462 e. The minimum Gasteiger partial charge on any atom is -0.462 e. The second kappa shape index (κ2) is 10.0. The minimum atomic E-state index is -0.348. The Labute approximate surface area is 166 Å². The summed E-state index contributed by atoms with van der Waals surface area (Å²) in [4.78, 5) is 26.2.